The van der Waals surface area contributed by atoms with Crippen molar-refractivity contribution in [3.8, 4) is 0 Å². The lowest BCUT2D eigenvalue weighted by molar-refractivity contribution is 0.897. The number of aliphatic imine (C=N–C) groups is 1. The van der Waals surface area contributed by atoms with Gasteiger partial charge >= 0.3 is 0 Å². The van der Waals surface area contributed by atoms with Crippen LogP contribution in [0.1, 0.15) is 31.7 Å². The van der Waals surface area contributed by atoms with Crippen molar-refractivity contribution in [3.05, 3.63) is 47.2 Å². The van der Waals surface area contributed by atoms with Crippen LogP contribution < -0.4 is 5.73 Å². The maximum atomic E-state index is 5.77. The molecule has 1 aromatic rings. The summed E-state index contributed by atoms with van der Waals surface area (Å²) < 4.78 is 0. The summed E-state index contributed by atoms with van der Waals surface area (Å²) in [5.74, 6) is 0.778. The minimum atomic E-state index is 0.778. The molecular formula is C14H18N2. The van der Waals surface area contributed by atoms with E-state index in [1.807, 2.05) is 6.07 Å². The van der Waals surface area contributed by atoms with Crippen molar-refractivity contribution in [2.45, 2.75) is 32.6 Å². The fraction of sp³-hybridized carbons (Fsp3) is 0.357. The molecule has 84 valence electrons. The zero-order valence-corrected chi connectivity index (χ0v) is 9.74. The Kier molecular flexibility index (Phi) is 3.40. The summed E-state index contributed by atoms with van der Waals surface area (Å²) in [6.07, 6.45) is 4.00. The van der Waals surface area contributed by atoms with Crippen LogP contribution in [0.2, 0.25) is 0 Å². The molecule has 0 radical (unpaired) electrons. The Morgan fingerprint density at radius 1 is 1.19 bits per heavy atom. The summed E-state index contributed by atoms with van der Waals surface area (Å²) in [7, 11) is 0. The Morgan fingerprint density at radius 2 is 1.94 bits per heavy atom. The molecule has 0 amide bonds. The van der Waals surface area contributed by atoms with Crippen LogP contribution in [0, 0.1) is 0 Å². The minimum Gasteiger partial charge on any atom is -0.387 e. The van der Waals surface area contributed by atoms with Gasteiger partial charge in [0.25, 0.3) is 0 Å². The SMILES string of the molecule is CCC1=C(CCc2ccccc2)N=C(N)C1. The van der Waals surface area contributed by atoms with Crippen molar-refractivity contribution in [1.82, 2.24) is 0 Å². The lowest BCUT2D eigenvalue weighted by Crippen LogP contribution is -2.07. The average Bonchev–Trinajstić information content (AvgIpc) is 2.68. The van der Waals surface area contributed by atoms with Crippen molar-refractivity contribution in [2.24, 2.45) is 10.7 Å². The maximum absolute atomic E-state index is 5.77. The molecule has 1 aromatic carbocycles. The standard InChI is InChI=1S/C14H18N2/c1-2-12-10-14(15)16-13(12)9-8-11-6-4-3-5-7-11/h3-7H,2,8-10H2,1H3,(H2,15,16). The minimum absolute atomic E-state index is 0.778. The third-order valence-electron chi connectivity index (χ3n) is 3.00. The van der Waals surface area contributed by atoms with E-state index >= 15 is 0 Å². The monoisotopic (exact) mass is 214 g/mol. The van der Waals surface area contributed by atoms with Crippen molar-refractivity contribution >= 4 is 5.84 Å². The van der Waals surface area contributed by atoms with E-state index in [1.54, 1.807) is 0 Å². The Hall–Kier alpha value is -1.57. The number of hydrogen-bond donors (Lipinski definition) is 1. The van der Waals surface area contributed by atoms with Gasteiger partial charge in [-0.05, 0) is 30.4 Å². The first-order valence-corrected chi connectivity index (χ1v) is 5.87. The van der Waals surface area contributed by atoms with Crippen LogP contribution >= 0.6 is 0 Å². The quantitative estimate of drug-likeness (QED) is 0.822. The molecule has 2 rings (SSSR count). The van der Waals surface area contributed by atoms with Crippen LogP contribution in [0.25, 0.3) is 0 Å². The summed E-state index contributed by atoms with van der Waals surface area (Å²) in [5, 5.41) is 0. The van der Waals surface area contributed by atoms with Gasteiger partial charge in [-0.3, -0.25) is 0 Å². The first-order valence-electron chi connectivity index (χ1n) is 5.87. The predicted molar refractivity (Wildman–Crippen MR) is 68.3 cm³/mol. The molecule has 0 aromatic heterocycles. The molecule has 0 aliphatic carbocycles. The molecule has 0 unspecified atom stereocenters. The molecule has 0 spiro atoms. The second kappa shape index (κ2) is 4.97. The van der Waals surface area contributed by atoms with Gasteiger partial charge in [-0.25, -0.2) is 4.99 Å². The lowest BCUT2D eigenvalue weighted by Gasteiger charge is -2.03. The number of rotatable bonds is 4. The highest BCUT2D eigenvalue weighted by atomic mass is 14.9. The predicted octanol–water partition coefficient (Wildman–Crippen LogP) is 3.04. The number of allylic oxidation sites excluding steroid dienone is 1. The molecule has 0 bridgehead atoms. The summed E-state index contributed by atoms with van der Waals surface area (Å²) in [5.41, 5.74) is 9.76. The van der Waals surface area contributed by atoms with E-state index < -0.39 is 0 Å². The summed E-state index contributed by atoms with van der Waals surface area (Å²) in [4.78, 5) is 4.43. The number of hydrogen-bond acceptors (Lipinski definition) is 2. The molecule has 16 heavy (non-hydrogen) atoms. The maximum Gasteiger partial charge on any atom is 0.103 e. The van der Waals surface area contributed by atoms with E-state index in [0.29, 0.717) is 0 Å². The second-order valence-corrected chi connectivity index (χ2v) is 4.17. The Morgan fingerprint density at radius 3 is 2.62 bits per heavy atom. The number of amidine groups is 1. The zero-order valence-electron chi connectivity index (χ0n) is 9.74. The highest BCUT2D eigenvalue weighted by Crippen LogP contribution is 2.24. The molecule has 1 aliphatic rings. The van der Waals surface area contributed by atoms with E-state index in [9.17, 15) is 0 Å². The fourth-order valence-electron chi connectivity index (χ4n) is 2.08. The highest BCUT2D eigenvalue weighted by molar-refractivity contribution is 5.86. The van der Waals surface area contributed by atoms with Gasteiger partial charge in [-0.15, -0.1) is 0 Å². The van der Waals surface area contributed by atoms with Gasteiger partial charge in [0, 0.05) is 12.1 Å². The van der Waals surface area contributed by atoms with Crippen LogP contribution in [0.4, 0.5) is 0 Å². The van der Waals surface area contributed by atoms with Gasteiger partial charge in [-0.1, -0.05) is 37.3 Å². The van der Waals surface area contributed by atoms with E-state index in [2.05, 4.69) is 36.2 Å². The number of nitrogens with two attached hydrogens (primary N) is 1. The third-order valence-corrected chi connectivity index (χ3v) is 3.00. The molecule has 2 nitrogen and oxygen atoms in total. The van der Waals surface area contributed by atoms with Gasteiger partial charge in [0.2, 0.25) is 0 Å². The Bertz CT molecular complexity index is 416. The number of aryl methyl sites for hydroxylation is 1. The summed E-state index contributed by atoms with van der Waals surface area (Å²) in [6, 6.07) is 10.5. The van der Waals surface area contributed by atoms with Crippen molar-refractivity contribution in [2.75, 3.05) is 0 Å². The normalized spacial score (nSPS) is 15.4. The largest absolute Gasteiger partial charge is 0.387 e. The van der Waals surface area contributed by atoms with E-state index in [0.717, 1.165) is 31.5 Å². The van der Waals surface area contributed by atoms with Gasteiger partial charge in [-0.2, -0.15) is 0 Å². The molecule has 2 heteroatoms. The summed E-state index contributed by atoms with van der Waals surface area (Å²) >= 11 is 0. The van der Waals surface area contributed by atoms with E-state index in [4.69, 9.17) is 5.73 Å². The average molecular weight is 214 g/mol. The molecule has 2 N–H and O–H groups in total. The number of nitrogens with zero attached hydrogens (tertiary/aromatic N) is 1. The second-order valence-electron chi connectivity index (χ2n) is 4.17. The smallest absolute Gasteiger partial charge is 0.103 e. The first kappa shape index (κ1) is 10.9. The topological polar surface area (TPSA) is 38.4 Å². The van der Waals surface area contributed by atoms with Crippen LogP contribution in [0.3, 0.4) is 0 Å². The third kappa shape index (κ3) is 2.51. The molecule has 0 saturated carbocycles. The lowest BCUT2D eigenvalue weighted by atomic mass is 10.0. The van der Waals surface area contributed by atoms with Crippen LogP contribution in [0.15, 0.2) is 46.6 Å². The van der Waals surface area contributed by atoms with E-state index in [-0.39, 0.29) is 0 Å². The zero-order chi connectivity index (χ0) is 11.4. The molecule has 0 fully saturated rings. The van der Waals surface area contributed by atoms with Crippen molar-refractivity contribution < 1.29 is 0 Å². The van der Waals surface area contributed by atoms with Crippen molar-refractivity contribution in [3.63, 3.8) is 0 Å². The van der Waals surface area contributed by atoms with Crippen LogP contribution in [-0.2, 0) is 6.42 Å². The Balaban J connectivity index is 2.00. The van der Waals surface area contributed by atoms with Gasteiger partial charge < -0.3 is 5.73 Å². The van der Waals surface area contributed by atoms with Crippen molar-refractivity contribution in [1.29, 1.82) is 0 Å². The first-order chi connectivity index (χ1) is 7.79. The number of benzene rings is 1. The van der Waals surface area contributed by atoms with Gasteiger partial charge in [0.05, 0.1) is 0 Å². The van der Waals surface area contributed by atoms with Gasteiger partial charge in [0.1, 0.15) is 5.84 Å². The fourth-order valence-corrected chi connectivity index (χ4v) is 2.08. The molecule has 0 saturated heterocycles. The molecule has 1 aliphatic heterocycles. The van der Waals surface area contributed by atoms with E-state index in [1.165, 1.54) is 16.8 Å². The van der Waals surface area contributed by atoms with Crippen LogP contribution in [0.5, 0.6) is 0 Å². The van der Waals surface area contributed by atoms with Crippen LogP contribution in [-0.4, -0.2) is 5.84 Å². The molecular weight excluding hydrogens is 196 g/mol. The summed E-state index contributed by atoms with van der Waals surface area (Å²) in [6.45, 7) is 2.17. The molecule has 1 heterocycles. The highest BCUT2D eigenvalue weighted by Gasteiger charge is 2.13. The van der Waals surface area contributed by atoms with Gasteiger partial charge in [0.15, 0.2) is 0 Å². The Labute approximate surface area is 96.9 Å². The molecule has 0 atom stereocenters.